The molecule has 3 nitrogen and oxygen atoms in total. The van der Waals surface area contributed by atoms with Crippen LogP contribution in [0.5, 0.6) is 0 Å². The van der Waals surface area contributed by atoms with Crippen molar-refractivity contribution in [2.24, 2.45) is 0 Å². The molecule has 1 aromatic heterocycles. The molecule has 0 saturated carbocycles. The first-order chi connectivity index (χ1) is 8.63. The molecule has 2 unspecified atom stereocenters. The normalized spacial score (nSPS) is 14.9. The van der Waals surface area contributed by atoms with E-state index in [-0.39, 0.29) is 0 Å². The molecule has 0 bridgehead atoms. The quantitative estimate of drug-likeness (QED) is 0.732. The average molecular weight is 252 g/mol. The van der Waals surface area contributed by atoms with Crippen LogP contribution in [0.25, 0.3) is 0 Å². The lowest BCUT2D eigenvalue weighted by Crippen LogP contribution is -2.38. The molecule has 0 radical (unpaired) electrons. The van der Waals surface area contributed by atoms with Gasteiger partial charge in [-0.05, 0) is 45.9 Å². The minimum absolute atomic E-state index is 0.542. The van der Waals surface area contributed by atoms with Gasteiger partial charge in [0.15, 0.2) is 0 Å². The summed E-state index contributed by atoms with van der Waals surface area (Å²) < 4.78 is 5.34. The standard InChI is InChI=1S/C15H28N2O/c1-5-14(3)17(4)11-10-16-13(2)8-9-15-7-6-12-18-15/h6-7,12-14,16H,5,8-11H2,1-4H3. The molecule has 0 aliphatic heterocycles. The van der Waals surface area contributed by atoms with Crippen molar-refractivity contribution in [1.82, 2.24) is 10.2 Å². The lowest BCUT2D eigenvalue weighted by atomic mass is 10.1. The van der Waals surface area contributed by atoms with E-state index in [0.717, 1.165) is 31.7 Å². The second-order valence-electron chi connectivity index (χ2n) is 5.21. The first-order valence-corrected chi connectivity index (χ1v) is 7.09. The Morgan fingerprint density at radius 2 is 2.17 bits per heavy atom. The molecule has 0 saturated heterocycles. The van der Waals surface area contributed by atoms with E-state index in [9.17, 15) is 0 Å². The van der Waals surface area contributed by atoms with E-state index in [1.165, 1.54) is 6.42 Å². The van der Waals surface area contributed by atoms with Gasteiger partial charge in [-0.25, -0.2) is 0 Å². The Balaban J connectivity index is 2.08. The SMILES string of the molecule is CCC(C)N(C)CCNC(C)CCc1ccco1. The number of hydrogen-bond donors (Lipinski definition) is 1. The van der Waals surface area contributed by atoms with Crippen LogP contribution >= 0.6 is 0 Å². The summed E-state index contributed by atoms with van der Waals surface area (Å²) >= 11 is 0. The van der Waals surface area contributed by atoms with Gasteiger partial charge in [0.05, 0.1) is 6.26 Å². The molecule has 0 aliphatic carbocycles. The lowest BCUT2D eigenvalue weighted by molar-refractivity contribution is 0.248. The van der Waals surface area contributed by atoms with Gasteiger partial charge in [0.2, 0.25) is 0 Å². The second-order valence-corrected chi connectivity index (χ2v) is 5.21. The number of nitrogens with zero attached hydrogens (tertiary/aromatic N) is 1. The fourth-order valence-corrected chi connectivity index (χ4v) is 1.94. The molecule has 0 fully saturated rings. The molecule has 0 amide bonds. The van der Waals surface area contributed by atoms with Crippen LogP contribution in [0, 0.1) is 0 Å². The van der Waals surface area contributed by atoms with Crippen LogP contribution < -0.4 is 5.32 Å². The summed E-state index contributed by atoms with van der Waals surface area (Å²) in [5, 5.41) is 3.57. The number of hydrogen-bond acceptors (Lipinski definition) is 3. The third-order valence-electron chi connectivity index (χ3n) is 3.70. The minimum atomic E-state index is 0.542. The topological polar surface area (TPSA) is 28.4 Å². The van der Waals surface area contributed by atoms with Crippen molar-refractivity contribution in [3.05, 3.63) is 24.2 Å². The van der Waals surface area contributed by atoms with Crippen molar-refractivity contribution in [3.8, 4) is 0 Å². The van der Waals surface area contributed by atoms with Crippen molar-refractivity contribution in [2.45, 2.75) is 52.1 Å². The fourth-order valence-electron chi connectivity index (χ4n) is 1.94. The summed E-state index contributed by atoms with van der Waals surface area (Å²) in [5.74, 6) is 1.08. The van der Waals surface area contributed by atoms with E-state index in [1.807, 2.05) is 12.1 Å². The van der Waals surface area contributed by atoms with E-state index in [0.29, 0.717) is 12.1 Å². The molecule has 104 valence electrons. The summed E-state index contributed by atoms with van der Waals surface area (Å²) in [6, 6.07) is 5.21. The van der Waals surface area contributed by atoms with E-state index in [1.54, 1.807) is 6.26 Å². The van der Waals surface area contributed by atoms with Crippen LogP contribution in [-0.2, 0) is 6.42 Å². The van der Waals surface area contributed by atoms with Gasteiger partial charge in [0, 0.05) is 31.6 Å². The maximum Gasteiger partial charge on any atom is 0.103 e. The maximum atomic E-state index is 5.34. The van der Waals surface area contributed by atoms with E-state index in [2.05, 4.69) is 38.0 Å². The number of furan rings is 1. The van der Waals surface area contributed by atoms with Crippen LogP contribution in [0.3, 0.4) is 0 Å². The zero-order valence-electron chi connectivity index (χ0n) is 12.3. The van der Waals surface area contributed by atoms with Gasteiger partial charge in [-0.3, -0.25) is 0 Å². The Morgan fingerprint density at radius 3 is 2.78 bits per heavy atom. The molecule has 18 heavy (non-hydrogen) atoms. The Kier molecular flexibility index (Phi) is 7.06. The highest BCUT2D eigenvalue weighted by atomic mass is 16.3. The number of rotatable bonds is 9. The number of likely N-dealkylation sites (N-methyl/N-ethyl adjacent to an activating group) is 1. The van der Waals surface area contributed by atoms with Crippen molar-refractivity contribution in [2.75, 3.05) is 20.1 Å². The van der Waals surface area contributed by atoms with Crippen molar-refractivity contribution in [3.63, 3.8) is 0 Å². The van der Waals surface area contributed by atoms with Crippen LogP contribution in [0.2, 0.25) is 0 Å². The summed E-state index contributed by atoms with van der Waals surface area (Å²) in [4.78, 5) is 2.41. The average Bonchev–Trinajstić information content (AvgIpc) is 2.88. The summed E-state index contributed by atoms with van der Waals surface area (Å²) in [6.45, 7) is 8.92. The largest absolute Gasteiger partial charge is 0.469 e. The first kappa shape index (κ1) is 15.3. The molecule has 1 rings (SSSR count). The van der Waals surface area contributed by atoms with Gasteiger partial charge in [0.25, 0.3) is 0 Å². The van der Waals surface area contributed by atoms with Crippen molar-refractivity contribution >= 4 is 0 Å². The molecule has 0 spiro atoms. The summed E-state index contributed by atoms with van der Waals surface area (Å²) in [5.41, 5.74) is 0. The van der Waals surface area contributed by atoms with Crippen LogP contribution in [0.15, 0.2) is 22.8 Å². The molecule has 0 aromatic carbocycles. The highest BCUT2D eigenvalue weighted by Gasteiger charge is 2.07. The Morgan fingerprint density at radius 1 is 1.39 bits per heavy atom. The third kappa shape index (κ3) is 5.69. The van der Waals surface area contributed by atoms with Gasteiger partial charge >= 0.3 is 0 Å². The predicted molar refractivity (Wildman–Crippen MR) is 76.9 cm³/mol. The highest BCUT2D eigenvalue weighted by Crippen LogP contribution is 2.05. The molecular weight excluding hydrogens is 224 g/mol. The van der Waals surface area contributed by atoms with Gasteiger partial charge in [-0.1, -0.05) is 6.92 Å². The molecule has 1 aromatic rings. The van der Waals surface area contributed by atoms with Crippen molar-refractivity contribution in [1.29, 1.82) is 0 Å². The fraction of sp³-hybridized carbons (Fsp3) is 0.733. The van der Waals surface area contributed by atoms with Gasteiger partial charge in [-0.2, -0.15) is 0 Å². The van der Waals surface area contributed by atoms with E-state index < -0.39 is 0 Å². The van der Waals surface area contributed by atoms with Crippen LogP contribution in [0.4, 0.5) is 0 Å². The molecule has 0 aliphatic rings. The van der Waals surface area contributed by atoms with Crippen LogP contribution in [0.1, 0.15) is 39.4 Å². The molecule has 1 N–H and O–H groups in total. The molecule has 3 heteroatoms. The van der Waals surface area contributed by atoms with Gasteiger partial charge in [0.1, 0.15) is 5.76 Å². The monoisotopic (exact) mass is 252 g/mol. The first-order valence-electron chi connectivity index (χ1n) is 7.09. The molecular formula is C15H28N2O. The molecule has 2 atom stereocenters. The van der Waals surface area contributed by atoms with Crippen molar-refractivity contribution < 1.29 is 4.42 Å². The predicted octanol–water partition coefficient (Wildman–Crippen LogP) is 2.92. The number of nitrogens with one attached hydrogen (secondary N) is 1. The Hall–Kier alpha value is -0.800. The summed E-state index contributed by atoms with van der Waals surface area (Å²) in [6.07, 6.45) is 5.10. The third-order valence-corrected chi connectivity index (χ3v) is 3.70. The van der Waals surface area contributed by atoms with Gasteiger partial charge in [-0.15, -0.1) is 0 Å². The van der Waals surface area contributed by atoms with E-state index in [4.69, 9.17) is 4.42 Å². The zero-order chi connectivity index (χ0) is 13.4. The summed E-state index contributed by atoms with van der Waals surface area (Å²) in [7, 11) is 2.20. The smallest absolute Gasteiger partial charge is 0.103 e. The second kappa shape index (κ2) is 8.33. The minimum Gasteiger partial charge on any atom is -0.469 e. The molecule has 1 heterocycles. The number of aryl methyl sites for hydroxylation is 1. The van der Waals surface area contributed by atoms with Crippen LogP contribution in [-0.4, -0.2) is 37.1 Å². The maximum absolute atomic E-state index is 5.34. The van der Waals surface area contributed by atoms with Gasteiger partial charge < -0.3 is 14.6 Å². The Bertz CT molecular complexity index is 297. The van der Waals surface area contributed by atoms with E-state index >= 15 is 0 Å². The lowest BCUT2D eigenvalue weighted by Gasteiger charge is -2.24. The zero-order valence-corrected chi connectivity index (χ0v) is 12.3. The highest BCUT2D eigenvalue weighted by molar-refractivity contribution is 4.98. The Labute approximate surface area is 112 Å².